The van der Waals surface area contributed by atoms with Gasteiger partial charge in [-0.1, -0.05) is 275 Å². The summed E-state index contributed by atoms with van der Waals surface area (Å²) in [6.45, 7) is 14.1. The van der Waals surface area contributed by atoms with Crippen LogP contribution in [0.15, 0.2) is 279 Å². The number of pyridine rings is 1. The molecule has 0 fully saturated rings. The zero-order valence-electron chi connectivity index (χ0n) is 86.1. The monoisotopic (exact) mass is 1600 g/mol. The average Bonchev–Trinajstić information content (AvgIpc) is 1.66. The van der Waals surface area contributed by atoms with E-state index in [9.17, 15) is 21.9 Å². The van der Waals surface area contributed by atoms with E-state index in [4.69, 9.17) is 22.1 Å². The molecule has 3 aliphatic rings. The third kappa shape index (κ3) is 10.4. The molecule has 108 heavy (non-hydrogen) atoms. The summed E-state index contributed by atoms with van der Waals surface area (Å²) in [6.07, 6.45) is 3.44. The molecule has 0 radical (unpaired) electrons. The van der Waals surface area contributed by atoms with Gasteiger partial charge in [0.1, 0.15) is 11.5 Å². The molecule has 0 saturated carbocycles. The molecule has 2 aliphatic carbocycles. The van der Waals surface area contributed by atoms with E-state index >= 15 is 0 Å². The van der Waals surface area contributed by atoms with Crippen LogP contribution in [0, 0.1) is 25.8 Å². The molecular formula is C102H85N4OPt-. The minimum absolute atomic E-state index is 0. The molecule has 530 valence electrons. The smallest absolute Gasteiger partial charge is 0.253 e. The first kappa shape index (κ1) is 46.1. The number of rotatable bonds is 8. The molecule has 0 atom stereocenters. The van der Waals surface area contributed by atoms with Crippen molar-refractivity contribution in [2.45, 2.75) is 117 Å². The number of nitrogens with zero attached hydrogens (tertiary/aromatic N) is 4. The van der Waals surface area contributed by atoms with Crippen LogP contribution in [0.4, 0.5) is 0 Å². The molecule has 0 spiro atoms. The Morgan fingerprint density at radius 1 is 0.435 bits per heavy atom. The van der Waals surface area contributed by atoms with E-state index in [1.54, 1.807) is 150 Å². The van der Waals surface area contributed by atoms with E-state index in [1.165, 1.54) is 18.2 Å². The van der Waals surface area contributed by atoms with Crippen LogP contribution in [0.3, 0.4) is 0 Å². The molecule has 4 heterocycles. The first-order valence-electron chi connectivity index (χ1n) is 48.3. The standard InChI is InChI=1S/C102H85N4O.Pt/c1-62-27-25-28-63(2)93(62)79-48-52-90-97-95(79)78-36-20-18-34-75(78)74-33-17-19-35-77(74)94-72(66-41-49-85-87(56-66)101(10,11)83-39-23-21-37-81(83)99(85,6)7)46-47-73(67-42-50-86-88(57-67)102(12,13)84-40-24-22-38-82(84)100(86,8)9)96(94)105(97)61-104(90)69-31-26-32-70(59-69)107-71-44-45-76-80-55-65(64-29-15-14-16-30-64)43-51-89(80)106(91(76)60-71)92-58-68(53-54-103-92)98(3,4)5;/h14-58,61H,1-13H3;/q-1;/i1D3,2D3,14D,15D,16D,21D,22D,23D,24D,29D,30D,37D,38D,39D,40D,41D,42D,49D,50D,56D,57D;. The van der Waals surface area contributed by atoms with Crippen molar-refractivity contribution in [2.75, 3.05) is 0 Å². The molecule has 16 aromatic rings. The fraction of sp³-hybridized carbons (Fsp3) is 0.176. The van der Waals surface area contributed by atoms with Crippen LogP contribution in [0.25, 0.3) is 128 Å². The second-order valence-electron chi connectivity index (χ2n) is 31.2. The zero-order valence-corrected chi connectivity index (χ0v) is 63.4. The van der Waals surface area contributed by atoms with Gasteiger partial charge in [0.25, 0.3) is 6.33 Å². The normalized spacial score (nSPS) is 18.1. The van der Waals surface area contributed by atoms with Crippen molar-refractivity contribution in [3.05, 3.63) is 352 Å². The van der Waals surface area contributed by atoms with Crippen LogP contribution < -0.4 is 9.30 Å². The maximum Gasteiger partial charge on any atom is 0.253 e. The van der Waals surface area contributed by atoms with Gasteiger partial charge in [-0.3, -0.25) is 0 Å². The first-order valence-corrected chi connectivity index (χ1v) is 35.8. The van der Waals surface area contributed by atoms with Crippen molar-refractivity contribution in [3.8, 4) is 107 Å². The van der Waals surface area contributed by atoms with Gasteiger partial charge in [0.05, 0.1) is 26.0 Å². The number of hydrogen-bond donors (Lipinski definition) is 0. The van der Waals surface area contributed by atoms with Crippen molar-refractivity contribution in [1.29, 1.82) is 0 Å². The Morgan fingerprint density at radius 2 is 0.972 bits per heavy atom. The van der Waals surface area contributed by atoms with Crippen molar-refractivity contribution in [3.63, 3.8) is 0 Å². The summed E-state index contributed by atoms with van der Waals surface area (Å²) in [5.41, 5.74) is 0.0344. The number of benzene rings is 13. The van der Waals surface area contributed by atoms with Gasteiger partial charge in [-0.25, -0.2) is 9.55 Å². The van der Waals surface area contributed by atoms with Crippen molar-refractivity contribution in [1.82, 2.24) is 14.1 Å². The molecule has 0 N–H and O–H groups in total. The zero-order chi connectivity index (χ0) is 94.9. The van der Waals surface area contributed by atoms with Gasteiger partial charge in [0, 0.05) is 96.5 Å². The molecule has 5 nitrogen and oxygen atoms in total. The largest absolute Gasteiger partial charge is 0.509 e. The fourth-order valence-electron chi connectivity index (χ4n) is 16.8. The van der Waals surface area contributed by atoms with Gasteiger partial charge in [-0.05, 0) is 195 Å². The Balaban J connectivity index is 0.0000118. The number of aryl methyl sites for hydroxylation is 2. The van der Waals surface area contributed by atoms with E-state index in [0.29, 0.717) is 61.0 Å². The molecule has 6 heteroatoms. The Morgan fingerprint density at radius 3 is 1.59 bits per heavy atom. The van der Waals surface area contributed by atoms with Crippen molar-refractivity contribution in [2.24, 2.45) is 0 Å². The molecule has 0 saturated heterocycles. The van der Waals surface area contributed by atoms with Crippen molar-refractivity contribution >= 4 is 32.8 Å². The van der Waals surface area contributed by atoms with E-state index in [0.717, 1.165) is 5.56 Å². The minimum atomic E-state index is -2.98. The number of fused-ring (bicyclic) bond motifs is 14. The summed E-state index contributed by atoms with van der Waals surface area (Å²) >= 11 is 0. The molecule has 0 bridgehead atoms. The molecule has 0 unspecified atom stereocenters. The maximum absolute atomic E-state index is 11.2. The number of hydrogen-bond acceptors (Lipinski definition) is 2. The summed E-state index contributed by atoms with van der Waals surface area (Å²) in [6, 6.07) is 42.6. The second kappa shape index (κ2) is 24.9. The Labute approximate surface area is 684 Å². The Kier molecular flexibility index (Phi) is 10.6. The van der Waals surface area contributed by atoms with E-state index in [1.807, 2.05) is 65.2 Å². The van der Waals surface area contributed by atoms with Crippen LogP contribution >= 0.6 is 0 Å². The predicted octanol–water partition coefficient (Wildman–Crippen LogP) is 25.6. The van der Waals surface area contributed by atoms with E-state index < -0.39 is 89.7 Å². The third-order valence-electron chi connectivity index (χ3n) is 22.4. The van der Waals surface area contributed by atoms with E-state index in [2.05, 4.69) is 32.9 Å². The fourth-order valence-corrected chi connectivity index (χ4v) is 16.8. The SMILES string of the molecule is [2H]c1c([2H])c([2H])c(-c2ccc3c(c2)c2ccc(Oc4[c-]c(-n5c[n+]6c7c(c(-c8c(C([2H])([2H])[2H])cccc8C([2H])([2H])[2H])ccc75)-c5ccccc5-c5ccccc5-c5c(-c7c([2H])c([2H])c8c(c7[2H])C(C)(C)c7c([2H])c([2H])c([2H])c([2H])c7C8(C)C)ccc(-c7c([2H])c([2H])c8c(c7[2H])C(C)(C)c7c([2H])c([2H])c([2H])c([2H])c7C8(C)C)c5-6)ccc4)[c-]c2n3-c2cc(C(C)(C)C)ccn2)c([2H])c1[2H].[Pt]. The Bertz CT molecular complexity index is 7820. The molecule has 13 aromatic carbocycles. The van der Waals surface area contributed by atoms with Crippen LogP contribution in [-0.2, 0) is 48.1 Å². The van der Waals surface area contributed by atoms with Crippen LogP contribution in [-0.4, -0.2) is 14.1 Å². The Hall–Kier alpha value is -11.2. The first-order chi connectivity index (χ1) is 61.9. The van der Waals surface area contributed by atoms with Crippen LogP contribution in [0.5, 0.6) is 11.5 Å². The molecule has 0 amide bonds. The second-order valence-corrected chi connectivity index (χ2v) is 31.2. The molecule has 19 rings (SSSR count). The van der Waals surface area contributed by atoms with Gasteiger partial charge in [0.15, 0.2) is 11.0 Å². The van der Waals surface area contributed by atoms with Crippen molar-refractivity contribution < 1.29 is 64.6 Å². The number of aromatic nitrogens is 4. The number of ether oxygens (including phenoxy) is 1. The van der Waals surface area contributed by atoms with Gasteiger partial charge < -0.3 is 9.30 Å². The summed E-state index contributed by atoms with van der Waals surface area (Å²) < 4.78 is 252. The molecule has 1 aliphatic heterocycles. The number of imidazole rings is 1. The van der Waals surface area contributed by atoms with Gasteiger partial charge >= 0.3 is 0 Å². The minimum Gasteiger partial charge on any atom is -0.509 e. The summed E-state index contributed by atoms with van der Waals surface area (Å²) in [7, 11) is 0. The van der Waals surface area contributed by atoms with Crippen LogP contribution in [0.2, 0.25) is 0 Å². The maximum atomic E-state index is 11.2. The van der Waals surface area contributed by atoms with Gasteiger partial charge in [0.2, 0.25) is 0 Å². The van der Waals surface area contributed by atoms with Gasteiger partial charge in [-0.15, -0.1) is 29.7 Å². The van der Waals surface area contributed by atoms with Crippen LogP contribution in [0.1, 0.15) is 172 Å². The average molecular weight is 1600 g/mol. The van der Waals surface area contributed by atoms with Gasteiger partial charge in [-0.2, -0.15) is 16.7 Å². The molecular weight excluding hydrogens is 1490 g/mol. The topological polar surface area (TPSA) is 35.9 Å². The third-order valence-corrected chi connectivity index (χ3v) is 22.4. The van der Waals surface area contributed by atoms with E-state index in [-0.39, 0.29) is 221 Å². The quantitative estimate of drug-likeness (QED) is 0.112. The summed E-state index contributed by atoms with van der Waals surface area (Å²) in [5, 5.41) is 1.27. The summed E-state index contributed by atoms with van der Waals surface area (Å²) in [4.78, 5) is 4.92. The summed E-state index contributed by atoms with van der Waals surface area (Å²) in [5.74, 6) is 0.830. The predicted molar refractivity (Wildman–Crippen MR) is 442 cm³/mol. The molecule has 3 aromatic heterocycles.